The molecule has 0 aromatic carbocycles. The van der Waals surface area contributed by atoms with Gasteiger partial charge in [-0.2, -0.15) is 0 Å². The fraction of sp³-hybridized carbons (Fsp3) is 0.818. The molecule has 1 heterocycles. The van der Waals surface area contributed by atoms with E-state index in [0.29, 0.717) is 12.8 Å². The molecule has 0 aliphatic carbocycles. The highest BCUT2D eigenvalue weighted by atomic mass is 16.5. The SMILES string of the molecule is CCCCCCCCC[C@H]1CC(=O)NCC(=O)N[C@H](C(C)C)C(=O)N[C@H](CC(C)C)C(=O)N[C@H](C)C(=O)N[C@H](C(C)C)C(=O)O1. The van der Waals surface area contributed by atoms with Crippen molar-refractivity contribution in [1.82, 2.24) is 26.6 Å². The number of unbranched alkanes of at least 4 members (excludes halogenated alkanes) is 6. The monoisotopic (exact) mass is 637 g/mol. The molecule has 1 fully saturated rings. The second-order valence-electron chi connectivity index (χ2n) is 13.4. The van der Waals surface area contributed by atoms with Gasteiger partial charge in [0.25, 0.3) is 0 Å². The minimum absolute atomic E-state index is 0.0307. The molecule has 0 aromatic rings. The van der Waals surface area contributed by atoms with Crippen LogP contribution >= 0.6 is 0 Å². The van der Waals surface area contributed by atoms with E-state index in [9.17, 15) is 28.8 Å². The van der Waals surface area contributed by atoms with Crippen molar-refractivity contribution in [2.75, 3.05) is 6.54 Å². The molecular weight excluding hydrogens is 578 g/mol. The third kappa shape index (κ3) is 15.6. The molecule has 45 heavy (non-hydrogen) atoms. The van der Waals surface area contributed by atoms with Crippen LogP contribution in [0.2, 0.25) is 0 Å². The van der Waals surface area contributed by atoms with Crippen LogP contribution in [0.3, 0.4) is 0 Å². The average Bonchev–Trinajstić information content (AvgIpc) is 2.95. The highest BCUT2D eigenvalue weighted by molar-refractivity contribution is 5.95. The molecule has 1 rings (SSSR count). The fourth-order valence-corrected chi connectivity index (χ4v) is 5.11. The number of rotatable bonds is 12. The maximum absolute atomic E-state index is 13.3. The number of hydrogen-bond acceptors (Lipinski definition) is 7. The fourth-order valence-electron chi connectivity index (χ4n) is 5.11. The number of ether oxygens (including phenoxy) is 1. The summed E-state index contributed by atoms with van der Waals surface area (Å²) in [5, 5.41) is 13.3. The number of nitrogens with one attached hydrogen (secondary N) is 5. The Balaban J connectivity index is 3.25. The first-order valence-electron chi connectivity index (χ1n) is 16.8. The topological polar surface area (TPSA) is 172 Å². The lowest BCUT2D eigenvalue weighted by Crippen LogP contribution is -2.58. The summed E-state index contributed by atoms with van der Waals surface area (Å²) in [5.41, 5.74) is 0. The number of amides is 5. The first-order chi connectivity index (χ1) is 21.2. The van der Waals surface area contributed by atoms with Crippen molar-refractivity contribution in [3.05, 3.63) is 0 Å². The summed E-state index contributed by atoms with van der Waals surface area (Å²) in [5.74, 6) is -4.02. The molecule has 5 atom stereocenters. The highest BCUT2D eigenvalue weighted by Crippen LogP contribution is 2.16. The van der Waals surface area contributed by atoms with Gasteiger partial charge in [0, 0.05) is 0 Å². The van der Waals surface area contributed by atoms with E-state index >= 15 is 0 Å². The highest BCUT2D eigenvalue weighted by Gasteiger charge is 2.33. The molecule has 1 aliphatic heterocycles. The van der Waals surface area contributed by atoms with Crippen molar-refractivity contribution < 1.29 is 33.5 Å². The lowest BCUT2D eigenvalue weighted by molar-refractivity contribution is -0.156. The van der Waals surface area contributed by atoms with Gasteiger partial charge in [-0.15, -0.1) is 0 Å². The zero-order chi connectivity index (χ0) is 34.1. The van der Waals surface area contributed by atoms with E-state index in [4.69, 9.17) is 4.74 Å². The Hall–Kier alpha value is -3.18. The van der Waals surface area contributed by atoms with Crippen molar-refractivity contribution in [3.63, 3.8) is 0 Å². The number of carbonyl (C=O) groups excluding carboxylic acids is 6. The van der Waals surface area contributed by atoms with Gasteiger partial charge in [-0.3, -0.25) is 24.0 Å². The maximum atomic E-state index is 13.3. The molecule has 5 N–H and O–H groups in total. The maximum Gasteiger partial charge on any atom is 0.329 e. The molecular formula is C33H59N5O7. The largest absolute Gasteiger partial charge is 0.460 e. The Kier molecular flexibility index (Phi) is 18.4. The Morgan fingerprint density at radius 3 is 1.87 bits per heavy atom. The first-order valence-corrected chi connectivity index (χ1v) is 16.8. The van der Waals surface area contributed by atoms with Crippen molar-refractivity contribution in [2.45, 2.75) is 150 Å². The lowest BCUT2D eigenvalue weighted by atomic mass is 9.99. The van der Waals surface area contributed by atoms with Gasteiger partial charge >= 0.3 is 5.97 Å². The molecule has 0 saturated carbocycles. The lowest BCUT2D eigenvalue weighted by Gasteiger charge is -2.27. The average molecular weight is 638 g/mol. The minimum atomic E-state index is -1.02. The van der Waals surface area contributed by atoms with Crippen LogP contribution in [0.15, 0.2) is 0 Å². The van der Waals surface area contributed by atoms with Crippen molar-refractivity contribution >= 4 is 35.5 Å². The van der Waals surface area contributed by atoms with Crippen LogP contribution < -0.4 is 26.6 Å². The predicted octanol–water partition coefficient (Wildman–Crippen LogP) is 2.88. The van der Waals surface area contributed by atoms with Gasteiger partial charge in [-0.05, 0) is 43.9 Å². The molecule has 0 radical (unpaired) electrons. The van der Waals surface area contributed by atoms with Crippen LogP contribution in [-0.4, -0.2) is 72.3 Å². The summed E-state index contributed by atoms with van der Waals surface area (Å²) in [6.07, 6.45) is 7.23. The van der Waals surface area contributed by atoms with Crippen LogP contribution in [0.5, 0.6) is 0 Å². The van der Waals surface area contributed by atoms with E-state index in [2.05, 4.69) is 33.5 Å². The van der Waals surface area contributed by atoms with Gasteiger partial charge in [-0.1, -0.05) is 87.0 Å². The minimum Gasteiger partial charge on any atom is -0.460 e. The molecule has 12 nitrogen and oxygen atoms in total. The third-order valence-corrected chi connectivity index (χ3v) is 7.85. The summed E-state index contributed by atoms with van der Waals surface area (Å²) < 4.78 is 5.80. The second kappa shape index (κ2) is 20.8. The number of hydrogen-bond donors (Lipinski definition) is 5. The molecule has 5 amide bonds. The van der Waals surface area contributed by atoms with Crippen LogP contribution in [0, 0.1) is 17.8 Å². The molecule has 0 unspecified atom stereocenters. The van der Waals surface area contributed by atoms with Gasteiger partial charge < -0.3 is 31.3 Å². The standard InChI is InChI=1S/C33H59N5O7/c1-9-10-11-12-13-14-15-16-24-18-26(39)34-19-27(40)37-28(21(4)5)32(43)36-25(17-20(2)3)31(42)35-23(8)30(41)38-29(22(6)7)33(44)45-24/h20-25,28-29H,9-19H2,1-8H3,(H,34,39)(H,35,42)(H,36,43)(H,37,40)(H,38,41)/t23-,24+,25-,28-,29-/m1/s1. The van der Waals surface area contributed by atoms with Crippen LogP contribution in [0.25, 0.3) is 0 Å². The van der Waals surface area contributed by atoms with E-state index < -0.39 is 65.8 Å². The third-order valence-electron chi connectivity index (χ3n) is 7.85. The predicted molar refractivity (Wildman–Crippen MR) is 173 cm³/mol. The van der Waals surface area contributed by atoms with Crippen LogP contribution in [0.1, 0.15) is 120 Å². The van der Waals surface area contributed by atoms with Gasteiger partial charge in [-0.25, -0.2) is 4.79 Å². The molecule has 258 valence electrons. The molecule has 0 bridgehead atoms. The summed E-state index contributed by atoms with van der Waals surface area (Å²) in [6, 6.07) is -3.96. The van der Waals surface area contributed by atoms with E-state index in [1.54, 1.807) is 27.7 Å². The number of esters is 1. The zero-order valence-electron chi connectivity index (χ0n) is 28.8. The smallest absolute Gasteiger partial charge is 0.329 e. The first kappa shape index (κ1) is 39.8. The van der Waals surface area contributed by atoms with E-state index in [0.717, 1.165) is 32.1 Å². The van der Waals surface area contributed by atoms with Gasteiger partial charge in [0.15, 0.2) is 0 Å². The Morgan fingerprint density at radius 2 is 1.29 bits per heavy atom. The molecule has 12 heteroatoms. The van der Waals surface area contributed by atoms with Gasteiger partial charge in [0.1, 0.15) is 30.3 Å². The normalized spacial score (nSPS) is 25.0. The van der Waals surface area contributed by atoms with Gasteiger partial charge in [0.05, 0.1) is 13.0 Å². The van der Waals surface area contributed by atoms with E-state index in [1.807, 2.05) is 13.8 Å². The van der Waals surface area contributed by atoms with Crippen LogP contribution in [-0.2, 0) is 33.5 Å². The molecule has 0 spiro atoms. The quantitative estimate of drug-likeness (QED) is 0.162. The number of carbonyl (C=O) groups is 6. The second-order valence-corrected chi connectivity index (χ2v) is 13.4. The summed E-state index contributed by atoms with van der Waals surface area (Å²) in [4.78, 5) is 78.7. The van der Waals surface area contributed by atoms with Crippen LogP contribution in [0.4, 0.5) is 0 Å². The molecule has 1 aliphatic rings. The summed E-state index contributed by atoms with van der Waals surface area (Å²) in [6.45, 7) is 14.1. The number of cyclic esters (lactones) is 1. The zero-order valence-corrected chi connectivity index (χ0v) is 28.8. The van der Waals surface area contributed by atoms with E-state index in [-0.39, 0.29) is 30.7 Å². The summed E-state index contributed by atoms with van der Waals surface area (Å²) >= 11 is 0. The van der Waals surface area contributed by atoms with Crippen molar-refractivity contribution in [3.8, 4) is 0 Å². The summed E-state index contributed by atoms with van der Waals surface area (Å²) in [7, 11) is 0. The van der Waals surface area contributed by atoms with Crippen molar-refractivity contribution in [1.29, 1.82) is 0 Å². The van der Waals surface area contributed by atoms with Gasteiger partial charge in [0.2, 0.25) is 29.5 Å². The Labute approximate surface area is 269 Å². The van der Waals surface area contributed by atoms with E-state index in [1.165, 1.54) is 19.8 Å². The Morgan fingerprint density at radius 1 is 0.689 bits per heavy atom. The van der Waals surface area contributed by atoms with Crippen molar-refractivity contribution in [2.24, 2.45) is 17.8 Å². The molecule has 0 aromatic heterocycles. The molecule has 1 saturated heterocycles. The Bertz CT molecular complexity index is 984.